The Morgan fingerprint density at radius 3 is 2.55 bits per heavy atom. The van der Waals surface area contributed by atoms with Crippen molar-refractivity contribution in [3.05, 3.63) is 60.4 Å². The summed E-state index contributed by atoms with van der Waals surface area (Å²) >= 11 is 1.56. The van der Waals surface area contributed by atoms with E-state index < -0.39 is 0 Å². The molecular formula is C16H18N2OS. The molecule has 1 aromatic carbocycles. The predicted molar refractivity (Wildman–Crippen MR) is 82.6 cm³/mol. The van der Waals surface area contributed by atoms with Crippen LogP contribution in [-0.4, -0.2) is 16.1 Å². The molecule has 1 aromatic heterocycles. The predicted octanol–water partition coefficient (Wildman–Crippen LogP) is 3.44. The van der Waals surface area contributed by atoms with Crippen LogP contribution in [0.25, 0.3) is 0 Å². The summed E-state index contributed by atoms with van der Waals surface area (Å²) in [5.74, 6) is 0.0372. The summed E-state index contributed by atoms with van der Waals surface area (Å²) in [4.78, 5) is 17.3. The monoisotopic (exact) mass is 286 g/mol. The third kappa shape index (κ3) is 4.10. The summed E-state index contributed by atoms with van der Waals surface area (Å²) in [6.07, 6.45) is 3.51. The minimum atomic E-state index is -0.128. The lowest BCUT2D eigenvalue weighted by atomic mass is 10.1. The van der Waals surface area contributed by atoms with Gasteiger partial charge in [0.25, 0.3) is 0 Å². The van der Waals surface area contributed by atoms with Gasteiger partial charge in [-0.05, 0) is 37.6 Å². The number of nitrogens with zero attached hydrogens (tertiary/aromatic N) is 1. The zero-order valence-electron chi connectivity index (χ0n) is 11.6. The number of pyridine rings is 1. The van der Waals surface area contributed by atoms with Crippen molar-refractivity contribution in [2.75, 3.05) is 0 Å². The Morgan fingerprint density at radius 2 is 1.90 bits per heavy atom. The average molecular weight is 286 g/mol. The SMILES string of the molecule is CC(Sc1ccccc1)C(=O)NC(C)c1cccnc1. The molecule has 1 N–H and O–H groups in total. The number of carbonyl (C=O) groups is 1. The summed E-state index contributed by atoms with van der Waals surface area (Å²) in [5, 5.41) is 2.89. The Morgan fingerprint density at radius 1 is 1.15 bits per heavy atom. The van der Waals surface area contributed by atoms with E-state index in [1.54, 1.807) is 24.2 Å². The smallest absolute Gasteiger partial charge is 0.233 e. The molecule has 2 aromatic rings. The van der Waals surface area contributed by atoms with E-state index in [2.05, 4.69) is 10.3 Å². The maximum Gasteiger partial charge on any atom is 0.233 e. The van der Waals surface area contributed by atoms with Crippen LogP contribution < -0.4 is 5.32 Å². The Hall–Kier alpha value is -1.81. The molecule has 2 atom stereocenters. The van der Waals surface area contributed by atoms with Crippen LogP contribution in [0.1, 0.15) is 25.5 Å². The van der Waals surface area contributed by atoms with Crippen LogP contribution in [0.5, 0.6) is 0 Å². The lowest BCUT2D eigenvalue weighted by molar-refractivity contribution is -0.120. The summed E-state index contributed by atoms with van der Waals surface area (Å²) in [5.41, 5.74) is 1.01. The molecule has 2 rings (SSSR count). The number of hydrogen-bond acceptors (Lipinski definition) is 3. The number of thioether (sulfide) groups is 1. The van der Waals surface area contributed by atoms with Gasteiger partial charge in [-0.2, -0.15) is 0 Å². The Labute approximate surface area is 123 Å². The average Bonchev–Trinajstić information content (AvgIpc) is 2.49. The maximum absolute atomic E-state index is 12.2. The van der Waals surface area contributed by atoms with Crippen molar-refractivity contribution < 1.29 is 4.79 Å². The molecule has 1 amide bonds. The fourth-order valence-corrected chi connectivity index (χ4v) is 2.70. The number of aromatic nitrogens is 1. The fraction of sp³-hybridized carbons (Fsp3) is 0.250. The molecular weight excluding hydrogens is 268 g/mol. The first-order chi connectivity index (χ1) is 9.66. The molecule has 0 spiro atoms. The van der Waals surface area contributed by atoms with E-state index >= 15 is 0 Å². The summed E-state index contributed by atoms with van der Waals surface area (Å²) in [7, 11) is 0. The molecule has 1 heterocycles. The van der Waals surface area contributed by atoms with Gasteiger partial charge in [0, 0.05) is 17.3 Å². The number of amides is 1. The Kier molecular flexibility index (Phi) is 5.18. The van der Waals surface area contributed by atoms with Gasteiger partial charge in [-0.25, -0.2) is 0 Å². The van der Waals surface area contributed by atoms with Gasteiger partial charge in [0.05, 0.1) is 11.3 Å². The van der Waals surface area contributed by atoms with Crippen LogP contribution in [0.2, 0.25) is 0 Å². The zero-order valence-corrected chi connectivity index (χ0v) is 12.4. The van der Waals surface area contributed by atoms with Gasteiger partial charge in [0.2, 0.25) is 5.91 Å². The minimum Gasteiger partial charge on any atom is -0.349 e. The molecule has 0 saturated carbocycles. The molecule has 0 bridgehead atoms. The molecule has 0 fully saturated rings. The number of hydrogen-bond donors (Lipinski definition) is 1. The van der Waals surface area contributed by atoms with Crippen molar-refractivity contribution >= 4 is 17.7 Å². The minimum absolute atomic E-state index is 0.0324. The topological polar surface area (TPSA) is 42.0 Å². The molecule has 4 heteroatoms. The van der Waals surface area contributed by atoms with E-state index in [1.807, 2.05) is 56.3 Å². The highest BCUT2D eigenvalue weighted by molar-refractivity contribution is 8.00. The van der Waals surface area contributed by atoms with Crippen molar-refractivity contribution in [2.45, 2.75) is 30.0 Å². The van der Waals surface area contributed by atoms with Crippen LogP contribution in [0.4, 0.5) is 0 Å². The first-order valence-corrected chi connectivity index (χ1v) is 7.47. The lowest BCUT2D eigenvalue weighted by Gasteiger charge is -2.17. The van der Waals surface area contributed by atoms with Gasteiger partial charge in [-0.3, -0.25) is 9.78 Å². The zero-order chi connectivity index (χ0) is 14.4. The Balaban J connectivity index is 1.91. The molecule has 20 heavy (non-hydrogen) atoms. The van der Waals surface area contributed by atoms with Crippen molar-refractivity contribution in [2.24, 2.45) is 0 Å². The van der Waals surface area contributed by atoms with Crippen molar-refractivity contribution in [3.8, 4) is 0 Å². The van der Waals surface area contributed by atoms with E-state index in [4.69, 9.17) is 0 Å². The van der Waals surface area contributed by atoms with E-state index in [9.17, 15) is 4.79 Å². The highest BCUT2D eigenvalue weighted by Gasteiger charge is 2.17. The van der Waals surface area contributed by atoms with Crippen LogP contribution in [-0.2, 0) is 4.79 Å². The summed E-state index contributed by atoms with van der Waals surface area (Å²) < 4.78 is 0. The fourth-order valence-electron chi connectivity index (χ4n) is 1.80. The molecule has 0 radical (unpaired) electrons. The highest BCUT2D eigenvalue weighted by Crippen LogP contribution is 2.23. The van der Waals surface area contributed by atoms with Gasteiger partial charge in [0.15, 0.2) is 0 Å². The third-order valence-corrected chi connectivity index (χ3v) is 4.08. The number of rotatable bonds is 5. The molecule has 0 saturated heterocycles. The standard InChI is InChI=1S/C16H18N2OS/c1-12(14-7-6-10-17-11-14)18-16(19)13(2)20-15-8-4-3-5-9-15/h3-13H,1-2H3,(H,18,19). The Bertz CT molecular complexity index is 545. The number of nitrogens with one attached hydrogen (secondary N) is 1. The second-order valence-electron chi connectivity index (χ2n) is 4.59. The van der Waals surface area contributed by atoms with Gasteiger partial charge in [-0.15, -0.1) is 11.8 Å². The van der Waals surface area contributed by atoms with Crippen LogP contribution in [0.15, 0.2) is 59.8 Å². The quantitative estimate of drug-likeness (QED) is 0.856. The van der Waals surface area contributed by atoms with Crippen LogP contribution in [0, 0.1) is 0 Å². The molecule has 0 aliphatic carbocycles. The number of benzene rings is 1. The third-order valence-electron chi connectivity index (χ3n) is 2.97. The van der Waals surface area contributed by atoms with Crippen molar-refractivity contribution in [3.63, 3.8) is 0 Å². The van der Waals surface area contributed by atoms with Crippen LogP contribution >= 0.6 is 11.8 Å². The van der Waals surface area contributed by atoms with Gasteiger partial charge in [-0.1, -0.05) is 24.3 Å². The van der Waals surface area contributed by atoms with Crippen molar-refractivity contribution in [1.82, 2.24) is 10.3 Å². The van der Waals surface area contributed by atoms with Crippen molar-refractivity contribution in [1.29, 1.82) is 0 Å². The number of carbonyl (C=O) groups excluding carboxylic acids is 1. The second-order valence-corrected chi connectivity index (χ2v) is 6.00. The van der Waals surface area contributed by atoms with E-state index in [0.29, 0.717) is 0 Å². The first kappa shape index (κ1) is 14.6. The molecule has 2 unspecified atom stereocenters. The molecule has 0 aliphatic rings. The second kappa shape index (κ2) is 7.10. The molecule has 0 aliphatic heterocycles. The van der Waals surface area contributed by atoms with Gasteiger partial charge < -0.3 is 5.32 Å². The normalized spacial score (nSPS) is 13.5. The maximum atomic E-state index is 12.2. The highest BCUT2D eigenvalue weighted by atomic mass is 32.2. The van der Waals surface area contributed by atoms with Gasteiger partial charge in [0.1, 0.15) is 0 Å². The van der Waals surface area contributed by atoms with E-state index in [1.165, 1.54) is 0 Å². The lowest BCUT2D eigenvalue weighted by Crippen LogP contribution is -2.33. The largest absolute Gasteiger partial charge is 0.349 e. The molecule has 3 nitrogen and oxygen atoms in total. The summed E-state index contributed by atoms with van der Waals surface area (Å²) in [6, 6.07) is 13.8. The van der Waals surface area contributed by atoms with Gasteiger partial charge >= 0.3 is 0 Å². The molecule has 104 valence electrons. The summed E-state index contributed by atoms with van der Waals surface area (Å²) in [6.45, 7) is 3.89. The van der Waals surface area contributed by atoms with E-state index in [-0.39, 0.29) is 17.2 Å². The first-order valence-electron chi connectivity index (χ1n) is 6.59. The van der Waals surface area contributed by atoms with Crippen LogP contribution in [0.3, 0.4) is 0 Å². The van der Waals surface area contributed by atoms with E-state index in [0.717, 1.165) is 10.5 Å².